The van der Waals surface area contributed by atoms with Gasteiger partial charge in [-0.15, -0.1) is 0 Å². The van der Waals surface area contributed by atoms with E-state index in [1.807, 2.05) is 35.4 Å². The number of likely N-dealkylation sites (tertiary alicyclic amines) is 1. The lowest BCUT2D eigenvalue weighted by Crippen LogP contribution is -2.39. The summed E-state index contributed by atoms with van der Waals surface area (Å²) in [5, 5.41) is 5.07. The molecule has 0 bridgehead atoms. The van der Waals surface area contributed by atoms with Crippen molar-refractivity contribution >= 4 is 16.8 Å². The van der Waals surface area contributed by atoms with Crippen LogP contribution >= 0.6 is 0 Å². The lowest BCUT2D eigenvalue weighted by Gasteiger charge is -2.31. The second kappa shape index (κ2) is 7.99. The highest BCUT2D eigenvalue weighted by Crippen LogP contribution is 2.29. The number of hydrogen-bond acceptors (Lipinski definition) is 5. The number of carbonyl (C=O) groups excluding carboxylic acids is 1. The molecule has 0 spiro atoms. The number of nitrogens with one attached hydrogen (secondary N) is 1. The van der Waals surface area contributed by atoms with Crippen molar-refractivity contribution in [3.8, 4) is 0 Å². The van der Waals surface area contributed by atoms with Crippen LogP contribution in [-0.2, 0) is 11.2 Å². The molecule has 5 rings (SSSR count). The quantitative estimate of drug-likeness (QED) is 0.620. The molecule has 2 aromatic heterocycles. The Balaban J connectivity index is 1.22. The number of para-hydroxylation sites is 1. The Bertz CT molecular complexity index is 991. The lowest BCUT2D eigenvalue weighted by molar-refractivity contribution is 0.0697. The van der Waals surface area contributed by atoms with E-state index in [1.165, 1.54) is 12.8 Å². The standard InChI is InChI=1S/C22H26N4O3/c27-22(18-12-23-19-6-2-1-5-17(18)19)26-10-3-4-16(13-26)21-24-20(25-29-21)9-11-28-14-15-7-8-15/h1-2,5-6,12,15-16,23H,3-4,7-11,13-14H2. The maximum Gasteiger partial charge on any atom is 0.256 e. The minimum absolute atomic E-state index is 0.0559. The molecule has 1 saturated heterocycles. The fourth-order valence-electron chi connectivity index (χ4n) is 4.01. The molecular weight excluding hydrogens is 368 g/mol. The summed E-state index contributed by atoms with van der Waals surface area (Å²) >= 11 is 0. The number of nitrogens with zero attached hydrogens (tertiary/aromatic N) is 3. The van der Waals surface area contributed by atoms with Gasteiger partial charge in [-0.1, -0.05) is 23.4 Å². The first-order valence-electron chi connectivity index (χ1n) is 10.5. The summed E-state index contributed by atoms with van der Waals surface area (Å²) in [6, 6.07) is 7.89. The molecule has 2 fully saturated rings. The molecule has 1 aliphatic heterocycles. The van der Waals surface area contributed by atoms with Crippen LogP contribution in [0, 0.1) is 5.92 Å². The third-order valence-corrected chi connectivity index (χ3v) is 5.88. The summed E-state index contributed by atoms with van der Waals surface area (Å²) < 4.78 is 11.2. The van der Waals surface area contributed by atoms with Crippen molar-refractivity contribution in [2.75, 3.05) is 26.3 Å². The fraction of sp³-hybridized carbons (Fsp3) is 0.500. The van der Waals surface area contributed by atoms with Gasteiger partial charge in [-0.2, -0.15) is 4.98 Å². The number of piperidine rings is 1. The van der Waals surface area contributed by atoms with E-state index in [9.17, 15) is 4.79 Å². The first kappa shape index (κ1) is 18.4. The van der Waals surface area contributed by atoms with Crippen LogP contribution in [0.4, 0.5) is 0 Å². The maximum atomic E-state index is 13.1. The van der Waals surface area contributed by atoms with Crippen molar-refractivity contribution in [2.45, 2.75) is 38.0 Å². The van der Waals surface area contributed by atoms with E-state index >= 15 is 0 Å². The highest BCUT2D eigenvalue weighted by atomic mass is 16.5. The highest BCUT2D eigenvalue weighted by molar-refractivity contribution is 6.06. The van der Waals surface area contributed by atoms with Gasteiger partial charge < -0.3 is 19.1 Å². The van der Waals surface area contributed by atoms with Gasteiger partial charge in [-0.25, -0.2) is 0 Å². The number of rotatable bonds is 7. The van der Waals surface area contributed by atoms with Crippen LogP contribution in [0.3, 0.4) is 0 Å². The molecule has 0 radical (unpaired) electrons. The number of fused-ring (bicyclic) bond motifs is 1. The molecule has 1 atom stereocenters. The average Bonchev–Trinajstić information content (AvgIpc) is 3.29. The highest BCUT2D eigenvalue weighted by Gasteiger charge is 2.30. The predicted molar refractivity (Wildman–Crippen MR) is 108 cm³/mol. The third kappa shape index (κ3) is 4.05. The molecule has 3 heterocycles. The number of aromatic nitrogens is 3. The Labute approximate surface area is 169 Å². The maximum absolute atomic E-state index is 13.1. The van der Waals surface area contributed by atoms with Crippen molar-refractivity contribution < 1.29 is 14.1 Å². The van der Waals surface area contributed by atoms with E-state index in [-0.39, 0.29) is 11.8 Å². The van der Waals surface area contributed by atoms with Crippen molar-refractivity contribution in [1.29, 1.82) is 0 Å². The van der Waals surface area contributed by atoms with Crippen molar-refractivity contribution in [3.05, 3.63) is 47.7 Å². The van der Waals surface area contributed by atoms with Crippen LogP contribution in [0.15, 0.2) is 35.0 Å². The van der Waals surface area contributed by atoms with Crippen molar-refractivity contribution in [2.24, 2.45) is 5.92 Å². The molecule has 1 unspecified atom stereocenters. The summed E-state index contributed by atoms with van der Waals surface area (Å²) in [5.74, 6) is 2.24. The van der Waals surface area contributed by atoms with E-state index in [2.05, 4.69) is 15.1 Å². The number of H-pyrrole nitrogens is 1. The molecule has 1 aliphatic carbocycles. The number of carbonyl (C=O) groups is 1. The zero-order valence-electron chi connectivity index (χ0n) is 16.5. The van der Waals surface area contributed by atoms with Gasteiger partial charge in [0.2, 0.25) is 5.89 Å². The molecule has 2 aliphatic rings. The fourth-order valence-corrected chi connectivity index (χ4v) is 4.01. The number of aromatic amines is 1. The number of ether oxygens (including phenoxy) is 1. The second-order valence-corrected chi connectivity index (χ2v) is 8.16. The second-order valence-electron chi connectivity index (χ2n) is 8.16. The molecule has 7 nitrogen and oxygen atoms in total. The van der Waals surface area contributed by atoms with E-state index in [0.29, 0.717) is 31.3 Å². The minimum Gasteiger partial charge on any atom is -0.381 e. The molecule has 3 aromatic rings. The molecule has 1 N–H and O–H groups in total. The Morgan fingerprint density at radius 3 is 3.07 bits per heavy atom. The predicted octanol–water partition coefficient (Wildman–Crippen LogP) is 3.54. The smallest absolute Gasteiger partial charge is 0.256 e. The van der Waals surface area contributed by atoms with Crippen LogP contribution in [0.2, 0.25) is 0 Å². The monoisotopic (exact) mass is 394 g/mol. The molecule has 29 heavy (non-hydrogen) atoms. The van der Waals surface area contributed by atoms with Gasteiger partial charge in [0.05, 0.1) is 18.1 Å². The van der Waals surface area contributed by atoms with Gasteiger partial charge >= 0.3 is 0 Å². The molecule has 152 valence electrons. The summed E-state index contributed by atoms with van der Waals surface area (Å²) in [7, 11) is 0. The minimum atomic E-state index is 0.0559. The number of amides is 1. The van der Waals surface area contributed by atoms with Gasteiger partial charge in [0.15, 0.2) is 5.82 Å². The van der Waals surface area contributed by atoms with Crippen LogP contribution in [-0.4, -0.2) is 52.2 Å². The number of benzene rings is 1. The van der Waals surface area contributed by atoms with Gasteiger partial charge in [0.25, 0.3) is 5.91 Å². The first-order chi connectivity index (χ1) is 14.3. The Morgan fingerprint density at radius 2 is 2.17 bits per heavy atom. The topological polar surface area (TPSA) is 84.2 Å². The van der Waals surface area contributed by atoms with Gasteiger partial charge in [-0.3, -0.25) is 4.79 Å². The molecule has 1 saturated carbocycles. The van der Waals surface area contributed by atoms with E-state index in [1.54, 1.807) is 0 Å². The third-order valence-electron chi connectivity index (χ3n) is 5.88. The Morgan fingerprint density at radius 1 is 1.28 bits per heavy atom. The summed E-state index contributed by atoms with van der Waals surface area (Å²) in [6.45, 7) is 2.84. The van der Waals surface area contributed by atoms with Gasteiger partial charge in [0.1, 0.15) is 0 Å². The summed E-state index contributed by atoms with van der Waals surface area (Å²) in [4.78, 5) is 22.8. The van der Waals surface area contributed by atoms with Crippen molar-refractivity contribution in [1.82, 2.24) is 20.0 Å². The molecule has 1 aromatic carbocycles. The van der Waals surface area contributed by atoms with Gasteiger partial charge in [-0.05, 0) is 37.7 Å². The van der Waals surface area contributed by atoms with Crippen molar-refractivity contribution in [3.63, 3.8) is 0 Å². The largest absolute Gasteiger partial charge is 0.381 e. The zero-order valence-corrected chi connectivity index (χ0v) is 16.5. The summed E-state index contributed by atoms with van der Waals surface area (Å²) in [6.07, 6.45) is 6.95. The van der Waals surface area contributed by atoms with E-state index in [4.69, 9.17) is 9.26 Å². The normalized spacial score (nSPS) is 19.7. The number of hydrogen-bond donors (Lipinski definition) is 1. The van der Waals surface area contributed by atoms with Crippen LogP contribution < -0.4 is 0 Å². The Hall–Kier alpha value is -2.67. The Kier molecular flexibility index (Phi) is 5.06. The van der Waals surface area contributed by atoms with Crippen LogP contribution in [0.5, 0.6) is 0 Å². The summed E-state index contributed by atoms with van der Waals surface area (Å²) in [5.41, 5.74) is 1.70. The molecule has 1 amide bonds. The van der Waals surface area contributed by atoms with Crippen LogP contribution in [0.25, 0.3) is 10.9 Å². The lowest BCUT2D eigenvalue weighted by atomic mass is 9.97. The first-order valence-corrected chi connectivity index (χ1v) is 10.5. The van der Waals surface area contributed by atoms with Crippen LogP contribution in [0.1, 0.15) is 53.7 Å². The average molecular weight is 394 g/mol. The van der Waals surface area contributed by atoms with E-state index < -0.39 is 0 Å². The molecular formula is C22H26N4O3. The zero-order chi connectivity index (χ0) is 19.6. The molecule has 7 heteroatoms. The van der Waals surface area contributed by atoms with E-state index in [0.717, 1.165) is 48.4 Å². The SMILES string of the molecule is O=C(c1c[nH]c2ccccc12)N1CCCC(c2nc(CCOCC3CC3)no2)C1. The van der Waals surface area contributed by atoms with Gasteiger partial charge in [0, 0.05) is 43.2 Å².